The molecule has 0 aliphatic carbocycles. The molecule has 20 heavy (non-hydrogen) atoms. The third kappa shape index (κ3) is 4.16. The first-order chi connectivity index (χ1) is 9.66. The number of carboxylic acids is 1. The van der Waals surface area contributed by atoms with E-state index >= 15 is 0 Å². The molecule has 7 nitrogen and oxygen atoms in total. The molecule has 2 amide bonds. The van der Waals surface area contributed by atoms with Crippen molar-refractivity contribution in [2.45, 2.75) is 18.9 Å². The van der Waals surface area contributed by atoms with Crippen LogP contribution < -0.4 is 5.32 Å². The van der Waals surface area contributed by atoms with Crippen LogP contribution in [0.3, 0.4) is 0 Å². The highest BCUT2D eigenvalue weighted by atomic mass is 32.2. The average Bonchev–Trinajstić information content (AvgIpc) is 2.91. The number of imidazole rings is 1. The highest BCUT2D eigenvalue weighted by Crippen LogP contribution is 2.19. The van der Waals surface area contributed by atoms with Crippen LogP contribution in [0.4, 0.5) is 4.79 Å². The van der Waals surface area contributed by atoms with Crippen LogP contribution in [-0.2, 0) is 11.2 Å². The van der Waals surface area contributed by atoms with E-state index in [1.54, 1.807) is 29.2 Å². The summed E-state index contributed by atoms with van der Waals surface area (Å²) in [5, 5.41) is 11.7. The zero-order valence-corrected chi connectivity index (χ0v) is 11.9. The number of rotatable bonds is 5. The summed E-state index contributed by atoms with van der Waals surface area (Å²) in [4.78, 5) is 31.4. The minimum atomic E-state index is -0.868. The first-order valence-electron chi connectivity index (χ1n) is 6.48. The summed E-state index contributed by atoms with van der Waals surface area (Å²) in [7, 11) is 0. The van der Waals surface area contributed by atoms with E-state index in [2.05, 4.69) is 15.3 Å². The molecular weight excluding hydrogens is 280 g/mol. The Morgan fingerprint density at radius 1 is 1.60 bits per heavy atom. The van der Waals surface area contributed by atoms with Gasteiger partial charge in [-0.3, -0.25) is 4.79 Å². The molecule has 1 unspecified atom stereocenters. The van der Waals surface area contributed by atoms with Crippen LogP contribution in [0.25, 0.3) is 0 Å². The third-order valence-electron chi connectivity index (χ3n) is 3.12. The third-order valence-corrected chi connectivity index (χ3v) is 4.22. The van der Waals surface area contributed by atoms with E-state index in [0.29, 0.717) is 25.3 Å². The van der Waals surface area contributed by atoms with Gasteiger partial charge in [0.2, 0.25) is 0 Å². The van der Waals surface area contributed by atoms with E-state index in [0.717, 1.165) is 11.4 Å². The lowest BCUT2D eigenvalue weighted by molar-refractivity contribution is -0.137. The number of nitrogens with one attached hydrogen (secondary N) is 2. The van der Waals surface area contributed by atoms with Crippen molar-refractivity contribution in [3.8, 4) is 0 Å². The Morgan fingerprint density at radius 2 is 2.45 bits per heavy atom. The standard InChI is InChI=1S/C12H18N4O3S/c17-11(18)5-10-7-20-4-3-16(10)12(19)14-2-1-9-6-13-8-15-9/h6,8,10H,1-5,7H2,(H,13,15)(H,14,19)(H,17,18). The van der Waals surface area contributed by atoms with Gasteiger partial charge in [-0.1, -0.05) is 0 Å². The summed E-state index contributed by atoms with van der Waals surface area (Å²) in [6, 6.07) is -0.408. The van der Waals surface area contributed by atoms with Crippen LogP contribution in [-0.4, -0.2) is 62.6 Å². The Morgan fingerprint density at radius 3 is 3.15 bits per heavy atom. The second-order valence-electron chi connectivity index (χ2n) is 4.58. The zero-order valence-electron chi connectivity index (χ0n) is 11.0. The average molecular weight is 298 g/mol. The van der Waals surface area contributed by atoms with Gasteiger partial charge in [-0.15, -0.1) is 0 Å². The molecule has 2 heterocycles. The summed E-state index contributed by atoms with van der Waals surface area (Å²) >= 11 is 1.69. The van der Waals surface area contributed by atoms with Crippen molar-refractivity contribution in [1.82, 2.24) is 20.2 Å². The zero-order chi connectivity index (χ0) is 14.4. The van der Waals surface area contributed by atoms with Gasteiger partial charge >= 0.3 is 12.0 Å². The first kappa shape index (κ1) is 14.7. The van der Waals surface area contributed by atoms with Crippen molar-refractivity contribution >= 4 is 23.8 Å². The molecule has 1 fully saturated rings. The Kier molecular flexibility index (Phi) is 5.28. The highest BCUT2D eigenvalue weighted by Gasteiger charge is 2.28. The molecule has 1 atom stereocenters. The van der Waals surface area contributed by atoms with E-state index < -0.39 is 5.97 Å². The molecule has 2 rings (SSSR count). The Hall–Kier alpha value is -1.70. The molecule has 0 aromatic carbocycles. The van der Waals surface area contributed by atoms with Gasteiger partial charge in [-0.2, -0.15) is 11.8 Å². The Balaban J connectivity index is 1.81. The molecule has 1 aliphatic rings. The molecule has 0 spiro atoms. The van der Waals surface area contributed by atoms with Crippen molar-refractivity contribution in [2.24, 2.45) is 0 Å². The number of amides is 2. The predicted molar refractivity (Wildman–Crippen MR) is 75.8 cm³/mol. The Bertz CT molecular complexity index is 452. The van der Waals surface area contributed by atoms with E-state index in [1.807, 2.05) is 0 Å². The molecule has 0 saturated carbocycles. The number of H-pyrrole nitrogens is 1. The number of carboxylic acid groups (broad SMARTS) is 1. The molecule has 1 saturated heterocycles. The van der Waals surface area contributed by atoms with Gasteiger partial charge in [-0.05, 0) is 0 Å². The molecule has 1 aromatic heterocycles. The lowest BCUT2D eigenvalue weighted by Gasteiger charge is -2.34. The predicted octanol–water partition coefficient (Wildman–Crippen LogP) is 0.554. The van der Waals surface area contributed by atoms with Crippen molar-refractivity contribution in [3.05, 3.63) is 18.2 Å². The van der Waals surface area contributed by atoms with Crippen LogP contribution >= 0.6 is 11.8 Å². The number of nitrogens with zero attached hydrogens (tertiary/aromatic N) is 2. The first-order valence-corrected chi connectivity index (χ1v) is 7.63. The van der Waals surface area contributed by atoms with Gasteiger partial charge < -0.3 is 20.3 Å². The summed E-state index contributed by atoms with van der Waals surface area (Å²) in [6.45, 7) is 1.10. The largest absolute Gasteiger partial charge is 0.481 e. The van der Waals surface area contributed by atoms with Gasteiger partial charge in [0, 0.05) is 42.9 Å². The second kappa shape index (κ2) is 7.18. The van der Waals surface area contributed by atoms with Gasteiger partial charge in [0.25, 0.3) is 0 Å². The summed E-state index contributed by atoms with van der Waals surface area (Å²) in [5.41, 5.74) is 0.960. The number of aromatic amines is 1. The minimum absolute atomic E-state index is 0.000961. The van der Waals surface area contributed by atoms with E-state index in [1.165, 1.54) is 0 Å². The number of carbonyl (C=O) groups excluding carboxylic acids is 1. The SMILES string of the molecule is O=C(O)CC1CSCCN1C(=O)NCCc1cnc[nH]1. The molecule has 1 aliphatic heterocycles. The summed E-state index contributed by atoms with van der Waals surface area (Å²) in [5.74, 6) is 0.664. The quantitative estimate of drug-likeness (QED) is 0.737. The number of aromatic nitrogens is 2. The summed E-state index contributed by atoms with van der Waals surface area (Å²) in [6.07, 6.45) is 4.00. The smallest absolute Gasteiger partial charge is 0.317 e. The number of carbonyl (C=O) groups is 2. The second-order valence-corrected chi connectivity index (χ2v) is 5.73. The number of hydrogen-bond acceptors (Lipinski definition) is 4. The number of thioether (sulfide) groups is 1. The van der Waals surface area contributed by atoms with Crippen molar-refractivity contribution in [2.75, 3.05) is 24.6 Å². The number of hydrogen-bond donors (Lipinski definition) is 3. The molecule has 1 aromatic rings. The maximum Gasteiger partial charge on any atom is 0.317 e. The summed E-state index contributed by atoms with van der Waals surface area (Å²) < 4.78 is 0. The van der Waals surface area contributed by atoms with E-state index in [9.17, 15) is 9.59 Å². The van der Waals surface area contributed by atoms with Gasteiger partial charge in [0.05, 0.1) is 18.8 Å². The number of aliphatic carboxylic acids is 1. The monoisotopic (exact) mass is 298 g/mol. The molecule has 3 N–H and O–H groups in total. The molecule has 0 bridgehead atoms. The molecular formula is C12H18N4O3S. The minimum Gasteiger partial charge on any atom is -0.481 e. The fourth-order valence-electron chi connectivity index (χ4n) is 2.12. The normalized spacial score (nSPS) is 18.8. The van der Waals surface area contributed by atoms with Crippen LogP contribution in [0.5, 0.6) is 0 Å². The fourth-order valence-corrected chi connectivity index (χ4v) is 3.18. The van der Waals surface area contributed by atoms with Crippen molar-refractivity contribution in [3.63, 3.8) is 0 Å². The lowest BCUT2D eigenvalue weighted by atomic mass is 10.2. The van der Waals surface area contributed by atoms with E-state index in [4.69, 9.17) is 5.11 Å². The van der Waals surface area contributed by atoms with Crippen LogP contribution in [0.1, 0.15) is 12.1 Å². The topological polar surface area (TPSA) is 98.3 Å². The highest BCUT2D eigenvalue weighted by molar-refractivity contribution is 7.99. The van der Waals surface area contributed by atoms with Gasteiger partial charge in [0.1, 0.15) is 0 Å². The van der Waals surface area contributed by atoms with Crippen LogP contribution in [0.15, 0.2) is 12.5 Å². The van der Waals surface area contributed by atoms with Gasteiger partial charge in [0.15, 0.2) is 0 Å². The molecule has 110 valence electrons. The van der Waals surface area contributed by atoms with E-state index in [-0.39, 0.29) is 18.5 Å². The number of urea groups is 1. The van der Waals surface area contributed by atoms with Gasteiger partial charge in [-0.25, -0.2) is 9.78 Å². The maximum atomic E-state index is 12.1. The maximum absolute atomic E-state index is 12.1. The van der Waals surface area contributed by atoms with Crippen LogP contribution in [0, 0.1) is 0 Å². The van der Waals surface area contributed by atoms with Crippen LogP contribution in [0.2, 0.25) is 0 Å². The molecule has 8 heteroatoms. The fraction of sp³-hybridized carbons (Fsp3) is 0.583. The molecule has 0 radical (unpaired) electrons. The lowest BCUT2D eigenvalue weighted by Crippen LogP contribution is -2.51. The Labute approximate surface area is 121 Å². The van der Waals surface area contributed by atoms with Crippen molar-refractivity contribution in [1.29, 1.82) is 0 Å². The van der Waals surface area contributed by atoms with Crippen molar-refractivity contribution < 1.29 is 14.7 Å².